The molecule has 132 valence electrons. The molecule has 5 nitrogen and oxygen atoms in total. The summed E-state index contributed by atoms with van der Waals surface area (Å²) in [4.78, 5) is 16.1. The summed E-state index contributed by atoms with van der Waals surface area (Å²) in [5.41, 5.74) is 3.10. The molecule has 1 heterocycles. The number of carbonyl (C=O) groups excluding carboxylic acids is 1. The quantitative estimate of drug-likeness (QED) is 0.707. The molecule has 0 bridgehead atoms. The molecule has 3 rings (SSSR count). The minimum absolute atomic E-state index is 0.0842. The fourth-order valence-corrected chi connectivity index (χ4v) is 2.52. The molecular formula is C21H20N2O3. The van der Waals surface area contributed by atoms with Crippen molar-refractivity contribution in [2.24, 2.45) is 0 Å². The van der Waals surface area contributed by atoms with E-state index in [1.165, 1.54) is 11.1 Å². The van der Waals surface area contributed by atoms with E-state index in [4.69, 9.17) is 9.47 Å². The third-order valence-electron chi connectivity index (χ3n) is 3.82. The van der Waals surface area contributed by atoms with Gasteiger partial charge in [0.15, 0.2) is 18.1 Å². The van der Waals surface area contributed by atoms with Crippen molar-refractivity contribution >= 4 is 11.6 Å². The molecular weight excluding hydrogens is 328 g/mol. The number of para-hydroxylation sites is 2. The summed E-state index contributed by atoms with van der Waals surface area (Å²) < 4.78 is 10.7. The van der Waals surface area contributed by atoms with Crippen LogP contribution in [0.25, 0.3) is 0 Å². The van der Waals surface area contributed by atoms with Crippen LogP contribution >= 0.6 is 0 Å². The first-order valence-electron chi connectivity index (χ1n) is 8.28. The van der Waals surface area contributed by atoms with Gasteiger partial charge in [-0.05, 0) is 53.9 Å². The van der Waals surface area contributed by atoms with Crippen molar-refractivity contribution in [1.29, 1.82) is 0 Å². The Labute approximate surface area is 152 Å². The van der Waals surface area contributed by atoms with Crippen molar-refractivity contribution in [1.82, 2.24) is 4.98 Å². The minimum Gasteiger partial charge on any atom is -0.493 e. The molecule has 2 aromatic carbocycles. The second kappa shape index (κ2) is 8.67. The number of rotatable bonds is 7. The highest BCUT2D eigenvalue weighted by atomic mass is 16.5. The second-order valence-corrected chi connectivity index (χ2v) is 5.72. The van der Waals surface area contributed by atoms with E-state index in [9.17, 15) is 4.79 Å². The molecule has 1 aromatic heterocycles. The van der Waals surface area contributed by atoms with E-state index < -0.39 is 0 Å². The molecule has 0 aliphatic rings. The number of benzene rings is 2. The number of anilines is 1. The maximum atomic E-state index is 12.1. The summed E-state index contributed by atoms with van der Waals surface area (Å²) in [6, 6.07) is 19.0. The highest BCUT2D eigenvalue weighted by Gasteiger charge is 2.07. The minimum atomic E-state index is -0.224. The van der Waals surface area contributed by atoms with Crippen molar-refractivity contribution in [2.45, 2.75) is 6.42 Å². The zero-order chi connectivity index (χ0) is 18.2. The Morgan fingerprint density at radius 1 is 0.923 bits per heavy atom. The van der Waals surface area contributed by atoms with Crippen LogP contribution in [0.3, 0.4) is 0 Å². The number of carbonyl (C=O) groups is 1. The lowest BCUT2D eigenvalue weighted by molar-refractivity contribution is -0.118. The molecule has 26 heavy (non-hydrogen) atoms. The van der Waals surface area contributed by atoms with E-state index in [1.807, 2.05) is 48.5 Å². The summed E-state index contributed by atoms with van der Waals surface area (Å²) >= 11 is 0. The number of pyridine rings is 1. The molecule has 0 fully saturated rings. The Hall–Kier alpha value is -3.34. The van der Waals surface area contributed by atoms with Crippen LogP contribution in [0.5, 0.6) is 11.5 Å². The lowest BCUT2D eigenvalue weighted by Crippen LogP contribution is -2.20. The number of aromatic nitrogens is 1. The van der Waals surface area contributed by atoms with Gasteiger partial charge in [-0.15, -0.1) is 0 Å². The van der Waals surface area contributed by atoms with Gasteiger partial charge < -0.3 is 14.8 Å². The Morgan fingerprint density at radius 3 is 2.27 bits per heavy atom. The summed E-state index contributed by atoms with van der Waals surface area (Å²) in [5.74, 6) is 0.913. The molecule has 0 spiro atoms. The predicted octanol–water partition coefficient (Wildman–Crippen LogP) is 3.70. The van der Waals surface area contributed by atoms with Gasteiger partial charge in [0.1, 0.15) is 0 Å². The lowest BCUT2D eigenvalue weighted by Gasteiger charge is -2.11. The van der Waals surface area contributed by atoms with Crippen LogP contribution in [-0.4, -0.2) is 24.6 Å². The fraction of sp³-hybridized carbons (Fsp3) is 0.143. The Bertz CT molecular complexity index is 849. The van der Waals surface area contributed by atoms with E-state index in [1.54, 1.807) is 31.6 Å². The van der Waals surface area contributed by atoms with Gasteiger partial charge in [0.25, 0.3) is 5.91 Å². The van der Waals surface area contributed by atoms with Gasteiger partial charge in [-0.1, -0.05) is 24.3 Å². The first-order valence-corrected chi connectivity index (χ1v) is 8.28. The van der Waals surface area contributed by atoms with Crippen molar-refractivity contribution in [3.05, 3.63) is 84.2 Å². The van der Waals surface area contributed by atoms with Crippen molar-refractivity contribution in [3.8, 4) is 11.5 Å². The third kappa shape index (κ3) is 4.83. The smallest absolute Gasteiger partial charge is 0.262 e. The maximum absolute atomic E-state index is 12.1. The zero-order valence-corrected chi connectivity index (χ0v) is 14.5. The standard InChI is InChI=1S/C21H20N2O3/c1-25-19-4-2-3-5-20(19)26-15-21(24)23-18-8-6-16(7-9-18)14-17-10-12-22-13-11-17/h2-13H,14-15H2,1H3,(H,23,24). The topological polar surface area (TPSA) is 60.5 Å². The van der Waals surface area contributed by atoms with Crippen LogP contribution in [0.15, 0.2) is 73.1 Å². The van der Waals surface area contributed by atoms with Gasteiger partial charge in [0, 0.05) is 18.1 Å². The highest BCUT2D eigenvalue weighted by Crippen LogP contribution is 2.25. The largest absolute Gasteiger partial charge is 0.493 e. The number of ether oxygens (including phenoxy) is 2. The zero-order valence-electron chi connectivity index (χ0n) is 14.5. The van der Waals surface area contributed by atoms with Gasteiger partial charge in [-0.3, -0.25) is 9.78 Å². The summed E-state index contributed by atoms with van der Waals surface area (Å²) in [6.07, 6.45) is 4.39. The normalized spacial score (nSPS) is 10.2. The SMILES string of the molecule is COc1ccccc1OCC(=O)Nc1ccc(Cc2ccncc2)cc1. The fourth-order valence-electron chi connectivity index (χ4n) is 2.52. The summed E-state index contributed by atoms with van der Waals surface area (Å²) in [6.45, 7) is -0.0842. The second-order valence-electron chi connectivity index (χ2n) is 5.72. The van der Waals surface area contributed by atoms with E-state index in [-0.39, 0.29) is 12.5 Å². The molecule has 0 aliphatic heterocycles. The van der Waals surface area contributed by atoms with Crippen molar-refractivity contribution in [2.75, 3.05) is 19.0 Å². The highest BCUT2D eigenvalue weighted by molar-refractivity contribution is 5.91. The van der Waals surface area contributed by atoms with Gasteiger partial charge in [-0.2, -0.15) is 0 Å². The molecule has 0 saturated heterocycles. The molecule has 0 atom stereocenters. The van der Waals surface area contributed by atoms with E-state index >= 15 is 0 Å². The van der Waals surface area contributed by atoms with Crippen molar-refractivity contribution in [3.63, 3.8) is 0 Å². The molecule has 0 saturated carbocycles. The number of nitrogens with one attached hydrogen (secondary N) is 1. The average molecular weight is 348 g/mol. The summed E-state index contributed by atoms with van der Waals surface area (Å²) in [5, 5.41) is 2.83. The van der Waals surface area contributed by atoms with Crippen LogP contribution in [0.4, 0.5) is 5.69 Å². The first kappa shape index (κ1) is 17.5. The van der Waals surface area contributed by atoms with Gasteiger partial charge in [-0.25, -0.2) is 0 Å². The van der Waals surface area contributed by atoms with Crippen LogP contribution in [0.2, 0.25) is 0 Å². The predicted molar refractivity (Wildman–Crippen MR) is 101 cm³/mol. The van der Waals surface area contributed by atoms with Gasteiger partial charge in [0.2, 0.25) is 0 Å². The van der Waals surface area contributed by atoms with E-state index in [2.05, 4.69) is 10.3 Å². The Morgan fingerprint density at radius 2 is 1.58 bits per heavy atom. The number of methoxy groups -OCH3 is 1. The van der Waals surface area contributed by atoms with Crippen LogP contribution in [-0.2, 0) is 11.2 Å². The molecule has 1 N–H and O–H groups in total. The maximum Gasteiger partial charge on any atom is 0.262 e. The van der Waals surface area contributed by atoms with Crippen LogP contribution in [0.1, 0.15) is 11.1 Å². The number of hydrogen-bond donors (Lipinski definition) is 1. The molecule has 1 amide bonds. The number of nitrogens with zero attached hydrogens (tertiary/aromatic N) is 1. The number of amides is 1. The molecule has 0 radical (unpaired) electrons. The Balaban J connectivity index is 1.53. The van der Waals surface area contributed by atoms with Crippen molar-refractivity contribution < 1.29 is 14.3 Å². The van der Waals surface area contributed by atoms with E-state index in [0.717, 1.165) is 12.1 Å². The lowest BCUT2D eigenvalue weighted by atomic mass is 10.1. The molecule has 5 heteroatoms. The van der Waals surface area contributed by atoms with Crippen LogP contribution in [0, 0.1) is 0 Å². The molecule has 3 aromatic rings. The molecule has 0 aliphatic carbocycles. The monoisotopic (exact) mass is 348 g/mol. The number of hydrogen-bond acceptors (Lipinski definition) is 4. The van der Waals surface area contributed by atoms with Crippen LogP contribution < -0.4 is 14.8 Å². The molecule has 0 unspecified atom stereocenters. The Kier molecular flexibility index (Phi) is 5.83. The third-order valence-corrected chi connectivity index (χ3v) is 3.82. The first-order chi connectivity index (χ1) is 12.7. The average Bonchev–Trinajstić information content (AvgIpc) is 2.69. The van der Waals surface area contributed by atoms with Gasteiger partial charge >= 0.3 is 0 Å². The van der Waals surface area contributed by atoms with E-state index in [0.29, 0.717) is 11.5 Å². The summed E-state index contributed by atoms with van der Waals surface area (Å²) in [7, 11) is 1.57. The van der Waals surface area contributed by atoms with Gasteiger partial charge in [0.05, 0.1) is 7.11 Å².